The van der Waals surface area contributed by atoms with Crippen LogP contribution in [0.5, 0.6) is 11.5 Å². The van der Waals surface area contributed by atoms with Crippen molar-refractivity contribution in [3.63, 3.8) is 0 Å². The van der Waals surface area contributed by atoms with Gasteiger partial charge in [0.05, 0.1) is 17.4 Å². The molecule has 0 fully saturated rings. The Labute approximate surface area is 162 Å². The number of anilines is 2. The lowest BCUT2D eigenvalue weighted by atomic mass is 9.99. The van der Waals surface area contributed by atoms with Crippen molar-refractivity contribution in [1.82, 2.24) is 0 Å². The molecule has 0 saturated carbocycles. The van der Waals surface area contributed by atoms with E-state index in [4.69, 9.17) is 9.47 Å². The summed E-state index contributed by atoms with van der Waals surface area (Å²) in [5.74, 6) is 0.318. The zero-order chi connectivity index (χ0) is 19.8. The number of amides is 2. The lowest BCUT2D eigenvalue weighted by molar-refractivity contribution is -0.118. The molecule has 0 radical (unpaired) electrons. The summed E-state index contributed by atoms with van der Waals surface area (Å²) in [6, 6.07) is 8.96. The monoisotopic (exact) mass is 384 g/mol. The predicted octanol–water partition coefficient (Wildman–Crippen LogP) is 3.61. The van der Waals surface area contributed by atoms with Crippen molar-refractivity contribution < 1.29 is 23.5 Å². The second-order valence-corrected chi connectivity index (χ2v) is 7.43. The van der Waals surface area contributed by atoms with Gasteiger partial charge in [0.2, 0.25) is 0 Å². The van der Waals surface area contributed by atoms with E-state index in [1.807, 2.05) is 0 Å². The summed E-state index contributed by atoms with van der Waals surface area (Å²) in [4.78, 5) is 26.7. The molecule has 0 unspecified atom stereocenters. The maximum atomic E-state index is 13.6. The summed E-state index contributed by atoms with van der Waals surface area (Å²) < 4.78 is 24.7. The molecular formula is C21H21FN2O4. The summed E-state index contributed by atoms with van der Waals surface area (Å²) in [6.07, 6.45) is 0.743. The van der Waals surface area contributed by atoms with Crippen LogP contribution in [0.25, 0.3) is 0 Å². The fraction of sp³-hybridized carbons (Fsp3) is 0.333. The molecule has 2 aliphatic heterocycles. The molecule has 28 heavy (non-hydrogen) atoms. The van der Waals surface area contributed by atoms with Crippen molar-refractivity contribution >= 4 is 23.2 Å². The number of benzene rings is 2. The first-order valence-corrected chi connectivity index (χ1v) is 9.25. The number of nitrogens with one attached hydrogen (secondary N) is 1. The molecule has 0 spiro atoms. The highest BCUT2D eigenvalue weighted by molar-refractivity contribution is 6.09. The summed E-state index contributed by atoms with van der Waals surface area (Å²) in [5, 5.41) is 2.72. The first-order valence-electron chi connectivity index (χ1n) is 9.25. The number of carbonyl (C=O) groups excluding carboxylic acids is 2. The molecule has 2 aliphatic rings. The van der Waals surface area contributed by atoms with Crippen LogP contribution in [0.1, 0.15) is 30.6 Å². The fourth-order valence-electron chi connectivity index (χ4n) is 3.61. The Morgan fingerprint density at radius 3 is 2.82 bits per heavy atom. The number of nitrogens with zero attached hydrogens (tertiary/aromatic N) is 1. The zero-order valence-corrected chi connectivity index (χ0v) is 15.7. The number of ether oxygens (including phenoxy) is 2. The van der Waals surface area contributed by atoms with Crippen molar-refractivity contribution in [2.45, 2.75) is 26.3 Å². The molecule has 146 valence electrons. The van der Waals surface area contributed by atoms with Crippen molar-refractivity contribution in [2.75, 3.05) is 23.4 Å². The van der Waals surface area contributed by atoms with Crippen LogP contribution in [-0.2, 0) is 4.79 Å². The van der Waals surface area contributed by atoms with E-state index in [1.165, 1.54) is 12.1 Å². The van der Waals surface area contributed by atoms with E-state index in [1.54, 1.807) is 29.2 Å². The van der Waals surface area contributed by atoms with Gasteiger partial charge in [0.25, 0.3) is 11.8 Å². The minimum absolute atomic E-state index is 0.0425. The molecule has 1 atom stereocenters. The third kappa shape index (κ3) is 3.40. The normalized spacial score (nSPS) is 17.9. The Bertz CT molecular complexity index is 944. The van der Waals surface area contributed by atoms with Crippen molar-refractivity contribution in [1.29, 1.82) is 0 Å². The van der Waals surface area contributed by atoms with Gasteiger partial charge < -0.3 is 14.8 Å². The maximum absolute atomic E-state index is 13.6. The molecule has 2 heterocycles. The van der Waals surface area contributed by atoms with Crippen LogP contribution in [0, 0.1) is 11.7 Å². The predicted molar refractivity (Wildman–Crippen MR) is 103 cm³/mol. The summed E-state index contributed by atoms with van der Waals surface area (Å²) in [6.45, 7) is 4.41. The van der Waals surface area contributed by atoms with Gasteiger partial charge >= 0.3 is 0 Å². The molecule has 0 bridgehead atoms. The van der Waals surface area contributed by atoms with Gasteiger partial charge in [-0.1, -0.05) is 13.8 Å². The lowest BCUT2D eigenvalue weighted by Crippen LogP contribution is -2.47. The highest BCUT2D eigenvalue weighted by Crippen LogP contribution is 2.38. The van der Waals surface area contributed by atoms with Crippen LogP contribution in [0.3, 0.4) is 0 Å². The van der Waals surface area contributed by atoms with E-state index in [2.05, 4.69) is 19.2 Å². The standard InChI is InChI=1S/C21H21FN2O4/c1-12(2)7-15-10-27-19-9-14(22)4-5-17(19)24(15)21(26)13-3-6-18-16(8-13)23-20(25)11-28-18/h3-6,8-9,12,15H,7,10-11H2,1-2H3,(H,23,25)/t15-/m0/s1. The molecule has 2 aromatic carbocycles. The van der Waals surface area contributed by atoms with E-state index in [-0.39, 0.29) is 24.5 Å². The number of carbonyl (C=O) groups is 2. The number of fused-ring (bicyclic) bond motifs is 2. The van der Waals surface area contributed by atoms with E-state index in [0.717, 1.165) is 6.42 Å². The lowest BCUT2D eigenvalue weighted by Gasteiger charge is -2.38. The largest absolute Gasteiger partial charge is 0.489 e. The number of hydrogen-bond donors (Lipinski definition) is 1. The van der Waals surface area contributed by atoms with Gasteiger partial charge in [-0.15, -0.1) is 0 Å². The SMILES string of the molecule is CC(C)C[C@H]1COc2cc(F)ccc2N1C(=O)c1ccc2c(c1)NC(=O)CO2. The third-order valence-electron chi connectivity index (χ3n) is 4.80. The molecule has 1 N–H and O–H groups in total. The van der Waals surface area contributed by atoms with Crippen molar-refractivity contribution in [2.24, 2.45) is 5.92 Å². The Morgan fingerprint density at radius 2 is 2.04 bits per heavy atom. The van der Waals surface area contributed by atoms with Crippen LogP contribution in [0.4, 0.5) is 15.8 Å². The third-order valence-corrected chi connectivity index (χ3v) is 4.80. The van der Waals surface area contributed by atoms with Crippen LogP contribution >= 0.6 is 0 Å². The molecule has 0 aliphatic carbocycles. The Kier molecular flexibility index (Phi) is 4.66. The summed E-state index contributed by atoms with van der Waals surface area (Å²) >= 11 is 0. The van der Waals surface area contributed by atoms with E-state index in [0.29, 0.717) is 41.0 Å². The number of hydrogen-bond acceptors (Lipinski definition) is 4. The molecule has 0 aromatic heterocycles. The van der Waals surface area contributed by atoms with E-state index >= 15 is 0 Å². The van der Waals surface area contributed by atoms with Crippen LogP contribution in [0.15, 0.2) is 36.4 Å². The van der Waals surface area contributed by atoms with Gasteiger partial charge in [-0.2, -0.15) is 0 Å². The minimum Gasteiger partial charge on any atom is -0.489 e. The average Bonchev–Trinajstić information content (AvgIpc) is 2.66. The van der Waals surface area contributed by atoms with Gasteiger partial charge in [-0.25, -0.2) is 4.39 Å². The molecule has 6 nitrogen and oxygen atoms in total. The zero-order valence-electron chi connectivity index (χ0n) is 15.7. The van der Waals surface area contributed by atoms with Gasteiger partial charge in [0.1, 0.15) is 23.9 Å². The Hall–Kier alpha value is -3.09. The Balaban J connectivity index is 1.73. The van der Waals surface area contributed by atoms with Crippen molar-refractivity contribution in [3.8, 4) is 11.5 Å². The van der Waals surface area contributed by atoms with Gasteiger partial charge in [0.15, 0.2) is 6.61 Å². The molecule has 7 heteroatoms. The second kappa shape index (κ2) is 7.14. The fourth-order valence-corrected chi connectivity index (χ4v) is 3.61. The summed E-state index contributed by atoms with van der Waals surface area (Å²) in [5.41, 5.74) is 1.42. The molecule has 0 saturated heterocycles. The van der Waals surface area contributed by atoms with Crippen LogP contribution < -0.4 is 19.7 Å². The van der Waals surface area contributed by atoms with Gasteiger partial charge in [0, 0.05) is 11.6 Å². The van der Waals surface area contributed by atoms with Crippen LogP contribution in [-0.4, -0.2) is 31.1 Å². The minimum atomic E-state index is -0.415. The quantitative estimate of drug-likeness (QED) is 0.878. The van der Waals surface area contributed by atoms with Crippen molar-refractivity contribution in [3.05, 3.63) is 47.8 Å². The highest BCUT2D eigenvalue weighted by atomic mass is 19.1. The average molecular weight is 384 g/mol. The Morgan fingerprint density at radius 1 is 1.21 bits per heavy atom. The number of rotatable bonds is 3. The smallest absolute Gasteiger partial charge is 0.262 e. The molecule has 2 amide bonds. The first-order chi connectivity index (χ1) is 13.4. The van der Waals surface area contributed by atoms with E-state index in [9.17, 15) is 14.0 Å². The molecular weight excluding hydrogens is 363 g/mol. The number of halogens is 1. The topological polar surface area (TPSA) is 67.9 Å². The van der Waals surface area contributed by atoms with Gasteiger partial charge in [-0.3, -0.25) is 14.5 Å². The maximum Gasteiger partial charge on any atom is 0.262 e. The summed E-state index contributed by atoms with van der Waals surface area (Å²) in [7, 11) is 0. The highest BCUT2D eigenvalue weighted by Gasteiger charge is 2.34. The van der Waals surface area contributed by atoms with E-state index < -0.39 is 5.82 Å². The molecule has 2 aromatic rings. The van der Waals surface area contributed by atoms with Crippen LogP contribution in [0.2, 0.25) is 0 Å². The second-order valence-electron chi connectivity index (χ2n) is 7.43. The molecule has 4 rings (SSSR count). The van der Waals surface area contributed by atoms with Gasteiger partial charge in [-0.05, 0) is 42.7 Å². The first kappa shape index (κ1) is 18.3.